The minimum atomic E-state index is 0.0211. The number of fused-ring (bicyclic) bond motifs is 1. The fourth-order valence-corrected chi connectivity index (χ4v) is 3.38. The van der Waals surface area contributed by atoms with E-state index in [1.54, 1.807) is 0 Å². The van der Waals surface area contributed by atoms with Crippen molar-refractivity contribution >= 4 is 11.9 Å². The van der Waals surface area contributed by atoms with Gasteiger partial charge in [-0.1, -0.05) is 91.0 Å². The summed E-state index contributed by atoms with van der Waals surface area (Å²) in [6.45, 7) is 0.859. The predicted octanol–water partition coefficient (Wildman–Crippen LogP) is 5.33. The quantitative estimate of drug-likeness (QED) is 0.630. The fourth-order valence-electron chi connectivity index (χ4n) is 3.38. The van der Waals surface area contributed by atoms with Crippen LogP contribution in [0.25, 0.3) is 6.08 Å². The highest BCUT2D eigenvalue weighted by molar-refractivity contribution is 5.97. The maximum Gasteiger partial charge on any atom is 0.124 e. The molecule has 1 atom stereocenters. The minimum absolute atomic E-state index is 0.0211. The number of hydrogen-bond donors (Lipinski definition) is 0. The molecule has 2 nitrogen and oxygen atoms in total. The molecule has 26 heavy (non-hydrogen) atoms. The van der Waals surface area contributed by atoms with E-state index in [2.05, 4.69) is 103 Å². The Hall–Kier alpha value is -3.13. The fraction of sp³-hybridized carbons (Fsp3) is 0.125. The number of aliphatic imine (C=N–C) groups is 1. The molecule has 0 radical (unpaired) electrons. The van der Waals surface area contributed by atoms with Crippen LogP contribution in [-0.4, -0.2) is 17.8 Å². The second-order valence-corrected chi connectivity index (χ2v) is 6.60. The summed E-state index contributed by atoms with van der Waals surface area (Å²) in [5.41, 5.74) is 5.02. The summed E-state index contributed by atoms with van der Waals surface area (Å²) in [4.78, 5) is 7.36. The van der Waals surface area contributed by atoms with E-state index in [0.29, 0.717) is 0 Å². The van der Waals surface area contributed by atoms with Crippen molar-refractivity contribution in [2.45, 2.75) is 12.6 Å². The Kier molecular flexibility index (Phi) is 4.65. The van der Waals surface area contributed by atoms with Gasteiger partial charge in [-0.25, -0.2) is 0 Å². The van der Waals surface area contributed by atoms with Gasteiger partial charge in [-0.2, -0.15) is 0 Å². The average molecular weight is 338 g/mol. The van der Waals surface area contributed by atoms with Crippen LogP contribution >= 0.6 is 0 Å². The van der Waals surface area contributed by atoms with Gasteiger partial charge in [0.1, 0.15) is 11.9 Å². The molecule has 0 N–H and O–H groups in total. The van der Waals surface area contributed by atoms with Gasteiger partial charge in [-0.3, -0.25) is 4.99 Å². The summed E-state index contributed by atoms with van der Waals surface area (Å²) in [5, 5.41) is 0. The van der Waals surface area contributed by atoms with E-state index >= 15 is 0 Å². The third-order valence-electron chi connectivity index (χ3n) is 4.75. The number of benzene rings is 3. The highest BCUT2D eigenvalue weighted by Gasteiger charge is 2.22. The normalized spacial score (nSPS) is 16.9. The number of hydrogen-bond acceptors (Lipinski definition) is 2. The number of likely N-dealkylation sites (N-methyl/N-ethyl adjacent to an activating group) is 1. The summed E-state index contributed by atoms with van der Waals surface area (Å²) in [7, 11) is 2.11. The van der Waals surface area contributed by atoms with Crippen LogP contribution in [0.1, 0.15) is 28.3 Å². The molecule has 0 spiro atoms. The van der Waals surface area contributed by atoms with Crippen LogP contribution in [-0.2, 0) is 6.54 Å². The smallest absolute Gasteiger partial charge is 0.124 e. The lowest BCUT2D eigenvalue weighted by Crippen LogP contribution is -2.23. The summed E-state index contributed by atoms with van der Waals surface area (Å²) < 4.78 is 0. The zero-order valence-electron chi connectivity index (χ0n) is 14.9. The minimum Gasteiger partial charge on any atom is -0.356 e. The zero-order valence-corrected chi connectivity index (χ0v) is 14.9. The van der Waals surface area contributed by atoms with Crippen molar-refractivity contribution in [1.29, 1.82) is 0 Å². The van der Waals surface area contributed by atoms with E-state index in [1.807, 2.05) is 6.07 Å². The molecule has 1 aliphatic heterocycles. The van der Waals surface area contributed by atoms with Crippen molar-refractivity contribution in [3.8, 4) is 0 Å². The molecule has 0 aliphatic carbocycles. The number of rotatable bonds is 3. The first-order chi connectivity index (χ1) is 12.8. The average Bonchev–Trinajstić information content (AvgIpc) is 2.84. The Morgan fingerprint density at radius 3 is 2.23 bits per heavy atom. The van der Waals surface area contributed by atoms with Crippen molar-refractivity contribution in [2.24, 2.45) is 4.99 Å². The second-order valence-electron chi connectivity index (χ2n) is 6.60. The van der Waals surface area contributed by atoms with Crippen LogP contribution in [0.15, 0.2) is 96.0 Å². The molecule has 0 bridgehead atoms. The van der Waals surface area contributed by atoms with Crippen LogP contribution in [0.3, 0.4) is 0 Å². The molecule has 0 amide bonds. The molecule has 128 valence electrons. The predicted molar refractivity (Wildman–Crippen MR) is 109 cm³/mol. The van der Waals surface area contributed by atoms with Gasteiger partial charge in [0.05, 0.1) is 0 Å². The van der Waals surface area contributed by atoms with Crippen LogP contribution in [0.5, 0.6) is 0 Å². The van der Waals surface area contributed by atoms with Crippen LogP contribution in [0.4, 0.5) is 0 Å². The molecule has 2 heteroatoms. The van der Waals surface area contributed by atoms with Crippen molar-refractivity contribution in [3.63, 3.8) is 0 Å². The third kappa shape index (κ3) is 3.45. The Balaban J connectivity index is 1.77. The first kappa shape index (κ1) is 16.3. The molecular formula is C24H22N2. The van der Waals surface area contributed by atoms with Gasteiger partial charge in [0.2, 0.25) is 0 Å². The second kappa shape index (κ2) is 7.40. The lowest BCUT2D eigenvalue weighted by Gasteiger charge is -2.17. The van der Waals surface area contributed by atoms with Gasteiger partial charge in [0.25, 0.3) is 0 Å². The summed E-state index contributed by atoms with van der Waals surface area (Å²) >= 11 is 0. The Labute approximate surface area is 155 Å². The highest BCUT2D eigenvalue weighted by atomic mass is 15.2. The lowest BCUT2D eigenvalue weighted by atomic mass is 9.95. The number of amidine groups is 1. The molecule has 3 aromatic rings. The Morgan fingerprint density at radius 1 is 0.808 bits per heavy atom. The van der Waals surface area contributed by atoms with Crippen molar-refractivity contribution in [2.75, 3.05) is 7.05 Å². The molecule has 3 aromatic carbocycles. The van der Waals surface area contributed by atoms with Gasteiger partial charge in [-0.15, -0.1) is 0 Å². The first-order valence-electron chi connectivity index (χ1n) is 8.96. The van der Waals surface area contributed by atoms with E-state index in [-0.39, 0.29) is 6.04 Å². The zero-order chi connectivity index (χ0) is 17.8. The third-order valence-corrected chi connectivity index (χ3v) is 4.75. The Bertz CT molecular complexity index is 927. The van der Waals surface area contributed by atoms with Crippen LogP contribution in [0, 0.1) is 0 Å². The van der Waals surface area contributed by atoms with Crippen LogP contribution in [0.2, 0.25) is 0 Å². The first-order valence-corrected chi connectivity index (χ1v) is 8.96. The lowest BCUT2D eigenvalue weighted by molar-refractivity contribution is 0.506. The molecule has 1 heterocycles. The topological polar surface area (TPSA) is 15.6 Å². The van der Waals surface area contributed by atoms with E-state index in [0.717, 1.165) is 12.4 Å². The standard InChI is InChI=1S/C24H22N2/c1-26-18-21-14-8-9-15-22(21)24(20-12-6-3-7-13-20)25-23(26)17-16-19-10-4-2-5-11-19/h2-17,24H,18H2,1H3. The van der Waals surface area contributed by atoms with Gasteiger partial charge < -0.3 is 4.90 Å². The molecule has 0 saturated heterocycles. The van der Waals surface area contributed by atoms with Crippen molar-refractivity contribution < 1.29 is 0 Å². The monoisotopic (exact) mass is 338 g/mol. The molecule has 1 unspecified atom stereocenters. The maximum absolute atomic E-state index is 5.14. The van der Waals surface area contributed by atoms with Gasteiger partial charge >= 0.3 is 0 Å². The van der Waals surface area contributed by atoms with Crippen LogP contribution < -0.4 is 0 Å². The largest absolute Gasteiger partial charge is 0.356 e. The molecular weight excluding hydrogens is 316 g/mol. The Morgan fingerprint density at radius 2 is 1.46 bits per heavy atom. The summed E-state index contributed by atoms with van der Waals surface area (Å²) in [6.07, 6.45) is 4.25. The summed E-state index contributed by atoms with van der Waals surface area (Å²) in [6, 6.07) is 29.6. The van der Waals surface area contributed by atoms with E-state index in [1.165, 1.54) is 22.3 Å². The molecule has 0 fully saturated rings. The van der Waals surface area contributed by atoms with Crippen molar-refractivity contribution in [3.05, 3.63) is 113 Å². The molecule has 4 rings (SSSR count). The SMILES string of the molecule is CN1Cc2ccccc2C(c2ccccc2)N=C1C=Cc1ccccc1. The summed E-state index contributed by atoms with van der Waals surface area (Å²) in [5.74, 6) is 0.999. The van der Waals surface area contributed by atoms with Gasteiger partial charge in [0.15, 0.2) is 0 Å². The van der Waals surface area contributed by atoms with E-state index < -0.39 is 0 Å². The van der Waals surface area contributed by atoms with E-state index in [9.17, 15) is 0 Å². The molecule has 0 saturated carbocycles. The van der Waals surface area contributed by atoms with E-state index in [4.69, 9.17) is 4.99 Å². The molecule has 0 aromatic heterocycles. The van der Waals surface area contributed by atoms with Crippen molar-refractivity contribution in [1.82, 2.24) is 4.90 Å². The van der Waals surface area contributed by atoms with Gasteiger partial charge in [-0.05, 0) is 28.3 Å². The number of nitrogens with zero attached hydrogens (tertiary/aromatic N) is 2. The maximum atomic E-state index is 5.14. The molecule has 1 aliphatic rings. The van der Waals surface area contributed by atoms with Gasteiger partial charge in [0, 0.05) is 13.6 Å². The highest BCUT2D eigenvalue weighted by Crippen LogP contribution is 2.32.